The lowest BCUT2D eigenvalue weighted by molar-refractivity contribution is 0.0607. The van der Waals surface area contributed by atoms with Crippen LogP contribution in [0, 0.1) is 0 Å². The molecule has 5 nitrogen and oxygen atoms in total. The zero-order chi connectivity index (χ0) is 13.7. The highest BCUT2D eigenvalue weighted by atomic mass is 32.2. The Morgan fingerprint density at radius 1 is 1.56 bits per heavy atom. The third-order valence-electron chi connectivity index (χ3n) is 2.32. The van der Waals surface area contributed by atoms with Crippen molar-refractivity contribution < 1.29 is 9.53 Å². The Kier molecular flexibility index (Phi) is 5.77. The van der Waals surface area contributed by atoms with Gasteiger partial charge in [-0.2, -0.15) is 0 Å². The van der Waals surface area contributed by atoms with Gasteiger partial charge < -0.3 is 20.7 Å². The molecule has 1 rings (SSSR count). The fourth-order valence-electron chi connectivity index (χ4n) is 1.39. The number of likely N-dealkylation sites (N-methyl/N-ethyl adjacent to an activating group) is 1. The van der Waals surface area contributed by atoms with Crippen LogP contribution in [0.5, 0.6) is 0 Å². The molecule has 18 heavy (non-hydrogen) atoms. The molecule has 0 aliphatic carbocycles. The van der Waals surface area contributed by atoms with E-state index in [1.807, 2.05) is 20.4 Å². The minimum absolute atomic E-state index is 0.381. The average Bonchev–Trinajstić information content (AvgIpc) is 2.64. The SMILES string of the molecule is COC(=O)c1sc(NCCN(C)C)c(SC)c1N. The van der Waals surface area contributed by atoms with Gasteiger partial charge in [0, 0.05) is 13.1 Å². The van der Waals surface area contributed by atoms with Crippen molar-refractivity contribution in [2.45, 2.75) is 4.90 Å². The highest BCUT2D eigenvalue weighted by Gasteiger charge is 2.20. The van der Waals surface area contributed by atoms with E-state index in [4.69, 9.17) is 10.5 Å². The van der Waals surface area contributed by atoms with Gasteiger partial charge in [-0.1, -0.05) is 0 Å². The zero-order valence-corrected chi connectivity index (χ0v) is 12.7. The monoisotopic (exact) mass is 289 g/mol. The Labute approximate surface area is 116 Å². The molecule has 0 aliphatic rings. The Hall–Kier alpha value is -0.920. The summed E-state index contributed by atoms with van der Waals surface area (Å²) in [6, 6.07) is 0. The number of thioether (sulfide) groups is 1. The normalized spacial score (nSPS) is 10.7. The predicted molar refractivity (Wildman–Crippen MR) is 78.9 cm³/mol. The first-order chi connectivity index (χ1) is 8.51. The fourth-order valence-corrected chi connectivity index (χ4v) is 3.36. The van der Waals surface area contributed by atoms with Crippen LogP contribution in [-0.2, 0) is 4.74 Å². The van der Waals surface area contributed by atoms with Crippen LogP contribution in [0.4, 0.5) is 10.7 Å². The quantitative estimate of drug-likeness (QED) is 0.615. The van der Waals surface area contributed by atoms with Crippen LogP contribution in [0.25, 0.3) is 0 Å². The number of anilines is 2. The molecule has 0 saturated heterocycles. The van der Waals surface area contributed by atoms with Crippen molar-refractivity contribution in [1.82, 2.24) is 4.90 Å². The van der Waals surface area contributed by atoms with Gasteiger partial charge in [-0.15, -0.1) is 23.1 Å². The van der Waals surface area contributed by atoms with Crippen LogP contribution >= 0.6 is 23.1 Å². The van der Waals surface area contributed by atoms with E-state index in [-0.39, 0.29) is 5.97 Å². The van der Waals surface area contributed by atoms with Gasteiger partial charge in [0.1, 0.15) is 9.88 Å². The Balaban J connectivity index is 2.87. The molecular formula is C11H19N3O2S2. The standard InChI is InChI=1S/C11H19N3O2S2/c1-14(2)6-5-13-10-8(17-4)7(12)9(18-10)11(15)16-3/h13H,5-6,12H2,1-4H3. The van der Waals surface area contributed by atoms with Crippen molar-refractivity contribution >= 4 is 39.8 Å². The van der Waals surface area contributed by atoms with E-state index in [9.17, 15) is 4.79 Å². The van der Waals surface area contributed by atoms with E-state index in [0.29, 0.717) is 10.6 Å². The van der Waals surface area contributed by atoms with Crippen LogP contribution < -0.4 is 11.1 Å². The minimum atomic E-state index is -0.381. The molecule has 0 aromatic carbocycles. The Morgan fingerprint density at radius 3 is 2.72 bits per heavy atom. The molecule has 1 aromatic heterocycles. The number of ether oxygens (including phenoxy) is 1. The summed E-state index contributed by atoms with van der Waals surface area (Å²) in [5.74, 6) is -0.381. The molecule has 0 atom stereocenters. The summed E-state index contributed by atoms with van der Waals surface area (Å²) < 4.78 is 4.72. The second-order valence-electron chi connectivity index (χ2n) is 3.93. The first-order valence-corrected chi connectivity index (χ1v) is 7.48. The van der Waals surface area contributed by atoms with Crippen molar-refractivity contribution in [3.05, 3.63) is 4.88 Å². The van der Waals surface area contributed by atoms with Gasteiger partial charge in [0.15, 0.2) is 0 Å². The Morgan fingerprint density at radius 2 is 2.22 bits per heavy atom. The maximum atomic E-state index is 11.6. The van der Waals surface area contributed by atoms with E-state index >= 15 is 0 Å². The number of nitrogens with two attached hydrogens (primary N) is 1. The van der Waals surface area contributed by atoms with Crippen molar-refractivity contribution in [3.63, 3.8) is 0 Å². The highest BCUT2D eigenvalue weighted by Crippen LogP contribution is 2.41. The number of thiophene rings is 1. The molecule has 0 amide bonds. The number of nitrogen functional groups attached to an aromatic ring is 1. The average molecular weight is 289 g/mol. The third-order valence-corrected chi connectivity index (χ3v) is 4.42. The summed E-state index contributed by atoms with van der Waals surface area (Å²) in [5.41, 5.74) is 6.47. The molecule has 0 fully saturated rings. The number of nitrogens with one attached hydrogen (secondary N) is 1. The van der Waals surface area contributed by atoms with Crippen molar-refractivity contribution in [2.24, 2.45) is 0 Å². The number of hydrogen-bond donors (Lipinski definition) is 2. The molecule has 0 saturated carbocycles. The maximum Gasteiger partial charge on any atom is 0.350 e. The molecule has 0 radical (unpaired) electrons. The van der Waals surface area contributed by atoms with Crippen LogP contribution in [0.3, 0.4) is 0 Å². The van der Waals surface area contributed by atoms with Crippen LogP contribution in [0.2, 0.25) is 0 Å². The summed E-state index contributed by atoms with van der Waals surface area (Å²) in [7, 11) is 5.39. The number of methoxy groups -OCH3 is 1. The molecular weight excluding hydrogens is 270 g/mol. The lowest BCUT2D eigenvalue weighted by Crippen LogP contribution is -2.20. The number of rotatable bonds is 6. The lowest BCUT2D eigenvalue weighted by Gasteiger charge is -2.10. The molecule has 0 unspecified atom stereocenters. The number of esters is 1. The summed E-state index contributed by atoms with van der Waals surface area (Å²) in [5, 5.41) is 4.24. The molecule has 1 aromatic rings. The van der Waals surface area contributed by atoms with Gasteiger partial charge >= 0.3 is 5.97 Å². The van der Waals surface area contributed by atoms with E-state index in [0.717, 1.165) is 23.0 Å². The first-order valence-electron chi connectivity index (χ1n) is 5.44. The second-order valence-corrected chi connectivity index (χ2v) is 5.77. The van der Waals surface area contributed by atoms with E-state index in [1.54, 1.807) is 0 Å². The first kappa shape index (κ1) is 15.1. The summed E-state index contributed by atoms with van der Waals surface area (Å²) in [6.45, 7) is 1.72. The van der Waals surface area contributed by atoms with Gasteiger partial charge in [-0.25, -0.2) is 4.79 Å². The fraction of sp³-hybridized carbons (Fsp3) is 0.545. The molecule has 0 spiro atoms. The summed E-state index contributed by atoms with van der Waals surface area (Å²) in [6.07, 6.45) is 1.94. The van der Waals surface area contributed by atoms with Crippen LogP contribution in [-0.4, -0.2) is 51.4 Å². The maximum absolute atomic E-state index is 11.6. The van der Waals surface area contributed by atoms with Gasteiger partial charge in [0.2, 0.25) is 0 Å². The van der Waals surface area contributed by atoms with E-state index in [2.05, 4.69) is 10.2 Å². The van der Waals surface area contributed by atoms with Gasteiger partial charge in [-0.3, -0.25) is 0 Å². The van der Waals surface area contributed by atoms with E-state index < -0.39 is 0 Å². The molecule has 0 aliphatic heterocycles. The highest BCUT2D eigenvalue weighted by molar-refractivity contribution is 7.99. The summed E-state index contributed by atoms with van der Waals surface area (Å²) >= 11 is 2.88. The third kappa shape index (κ3) is 3.54. The largest absolute Gasteiger partial charge is 0.465 e. The minimum Gasteiger partial charge on any atom is -0.465 e. The second kappa shape index (κ2) is 6.86. The van der Waals surface area contributed by atoms with Crippen LogP contribution in [0.1, 0.15) is 9.67 Å². The number of carbonyl (C=O) groups excluding carboxylic acids is 1. The van der Waals surface area contributed by atoms with Gasteiger partial charge in [-0.05, 0) is 20.4 Å². The smallest absolute Gasteiger partial charge is 0.350 e. The van der Waals surface area contributed by atoms with E-state index in [1.165, 1.54) is 30.2 Å². The van der Waals surface area contributed by atoms with Crippen molar-refractivity contribution in [2.75, 3.05) is 51.6 Å². The number of carbonyl (C=O) groups is 1. The number of hydrogen-bond acceptors (Lipinski definition) is 7. The topological polar surface area (TPSA) is 67.6 Å². The van der Waals surface area contributed by atoms with Gasteiger partial charge in [0.05, 0.1) is 17.7 Å². The van der Waals surface area contributed by atoms with Crippen LogP contribution in [0.15, 0.2) is 4.90 Å². The molecule has 102 valence electrons. The molecule has 3 N–H and O–H groups in total. The zero-order valence-electron chi connectivity index (χ0n) is 11.1. The lowest BCUT2D eigenvalue weighted by atomic mass is 10.4. The molecule has 1 heterocycles. The molecule has 7 heteroatoms. The van der Waals surface area contributed by atoms with Crippen molar-refractivity contribution in [3.8, 4) is 0 Å². The van der Waals surface area contributed by atoms with Crippen molar-refractivity contribution in [1.29, 1.82) is 0 Å². The summed E-state index contributed by atoms with van der Waals surface area (Å²) in [4.78, 5) is 15.0. The van der Waals surface area contributed by atoms with Gasteiger partial charge in [0.25, 0.3) is 0 Å². The molecule has 0 bridgehead atoms. The Bertz CT molecular complexity index is 419. The predicted octanol–water partition coefficient (Wildman–Crippen LogP) is 1.81. The number of nitrogens with zero attached hydrogens (tertiary/aromatic N) is 1.